The SMILES string of the molecule is COc1ccc([C@H]2C[C@H](C(F)(F)F)n3ncc(C(=O)NNC(=S)NCc4ccco4)c3N2)cc1. The average Bonchev–Trinajstić information content (AvgIpc) is 3.50. The van der Waals surface area contributed by atoms with Crippen molar-refractivity contribution in [3.05, 3.63) is 65.7 Å². The molecule has 34 heavy (non-hydrogen) atoms. The van der Waals surface area contributed by atoms with Crippen molar-refractivity contribution in [1.82, 2.24) is 25.9 Å². The maximum Gasteiger partial charge on any atom is 0.410 e. The summed E-state index contributed by atoms with van der Waals surface area (Å²) < 4.78 is 52.6. The number of ether oxygens (including phenoxy) is 1. The third-order valence-electron chi connectivity index (χ3n) is 5.29. The Hall–Kier alpha value is -3.74. The topological polar surface area (TPSA) is 105 Å². The van der Waals surface area contributed by atoms with E-state index in [-0.39, 0.29) is 29.5 Å². The fraction of sp³-hybridized carbons (Fsp3) is 0.286. The lowest BCUT2D eigenvalue weighted by atomic mass is 9.96. The Balaban J connectivity index is 1.49. The van der Waals surface area contributed by atoms with Gasteiger partial charge >= 0.3 is 6.18 Å². The molecule has 0 spiro atoms. The number of amides is 1. The minimum absolute atomic E-state index is 0.0387. The maximum atomic E-state index is 13.8. The quantitative estimate of drug-likeness (QED) is 0.316. The number of nitrogens with zero attached hydrogens (tertiary/aromatic N) is 2. The number of benzene rings is 1. The number of aromatic nitrogens is 2. The van der Waals surface area contributed by atoms with Gasteiger partial charge in [0.15, 0.2) is 11.2 Å². The molecule has 0 bridgehead atoms. The second-order valence-corrected chi connectivity index (χ2v) is 7.86. The highest BCUT2D eigenvalue weighted by atomic mass is 32.1. The van der Waals surface area contributed by atoms with Crippen LogP contribution >= 0.6 is 12.2 Å². The first-order valence-electron chi connectivity index (χ1n) is 10.2. The molecule has 4 rings (SSSR count). The minimum Gasteiger partial charge on any atom is -0.497 e. The van der Waals surface area contributed by atoms with Crippen LogP contribution in [0.1, 0.15) is 40.2 Å². The number of carbonyl (C=O) groups is 1. The zero-order valence-corrected chi connectivity index (χ0v) is 18.7. The number of halogens is 3. The highest BCUT2D eigenvalue weighted by Gasteiger charge is 2.47. The van der Waals surface area contributed by atoms with E-state index >= 15 is 0 Å². The summed E-state index contributed by atoms with van der Waals surface area (Å²) in [5, 5.41) is 9.80. The lowest BCUT2D eigenvalue weighted by molar-refractivity contribution is -0.173. The average molecular weight is 494 g/mol. The van der Waals surface area contributed by atoms with Gasteiger partial charge in [-0.15, -0.1) is 0 Å². The molecule has 13 heteroatoms. The molecule has 1 aliphatic heterocycles. The van der Waals surface area contributed by atoms with Crippen LogP contribution in [0.4, 0.5) is 19.0 Å². The fourth-order valence-electron chi connectivity index (χ4n) is 3.59. The maximum absolute atomic E-state index is 13.8. The third-order valence-corrected chi connectivity index (χ3v) is 5.54. The number of methoxy groups -OCH3 is 1. The van der Waals surface area contributed by atoms with E-state index in [1.165, 1.54) is 13.4 Å². The Morgan fingerprint density at radius 3 is 2.71 bits per heavy atom. The van der Waals surface area contributed by atoms with Gasteiger partial charge in [0, 0.05) is 6.42 Å². The molecule has 2 atom stereocenters. The normalized spacial score (nSPS) is 17.3. The van der Waals surface area contributed by atoms with Gasteiger partial charge in [0.05, 0.1) is 32.2 Å². The van der Waals surface area contributed by atoms with Gasteiger partial charge in [-0.1, -0.05) is 12.1 Å². The Morgan fingerprint density at radius 2 is 2.06 bits per heavy atom. The number of nitrogens with one attached hydrogen (secondary N) is 4. The summed E-state index contributed by atoms with van der Waals surface area (Å²) in [4.78, 5) is 12.7. The van der Waals surface area contributed by atoms with Crippen LogP contribution in [0.2, 0.25) is 0 Å². The predicted molar refractivity (Wildman–Crippen MR) is 120 cm³/mol. The van der Waals surface area contributed by atoms with E-state index in [1.54, 1.807) is 36.4 Å². The molecule has 1 amide bonds. The molecule has 0 aliphatic carbocycles. The van der Waals surface area contributed by atoms with Crippen LogP contribution in [0, 0.1) is 0 Å². The Labute approximate surface area is 197 Å². The number of thiocarbonyl (C=S) groups is 1. The first-order valence-corrected chi connectivity index (χ1v) is 10.6. The molecule has 0 fully saturated rings. The van der Waals surface area contributed by atoms with Gasteiger partial charge in [0.1, 0.15) is 22.9 Å². The first-order chi connectivity index (χ1) is 16.3. The van der Waals surface area contributed by atoms with Crippen LogP contribution in [-0.2, 0) is 6.54 Å². The van der Waals surface area contributed by atoms with Crippen molar-refractivity contribution in [3.63, 3.8) is 0 Å². The van der Waals surface area contributed by atoms with Gasteiger partial charge in [-0.25, -0.2) is 4.68 Å². The van der Waals surface area contributed by atoms with E-state index in [1.807, 2.05) is 0 Å². The summed E-state index contributed by atoms with van der Waals surface area (Å²) in [6.07, 6.45) is -2.24. The molecule has 180 valence electrons. The molecule has 3 aromatic rings. The lowest BCUT2D eigenvalue weighted by Gasteiger charge is -2.34. The number of rotatable bonds is 5. The molecule has 4 N–H and O–H groups in total. The number of hydrogen-bond acceptors (Lipinski definition) is 6. The summed E-state index contributed by atoms with van der Waals surface area (Å²) in [7, 11) is 1.50. The lowest BCUT2D eigenvalue weighted by Crippen LogP contribution is -2.46. The standard InChI is InChI=1S/C21H21F3N6O3S/c1-32-13-6-4-12(5-7-13)16-9-17(21(22,23)24)30-18(27-16)15(11-26-30)19(31)28-29-20(34)25-10-14-3-2-8-33-14/h2-8,11,16-17,27H,9-10H2,1H3,(H,28,31)(H2,25,29,34)/t16-,17-/m1/s1. The molecule has 1 aromatic carbocycles. The molecular weight excluding hydrogens is 473 g/mol. The van der Waals surface area contributed by atoms with E-state index in [4.69, 9.17) is 21.4 Å². The number of hydrazine groups is 1. The van der Waals surface area contributed by atoms with E-state index in [2.05, 4.69) is 26.6 Å². The van der Waals surface area contributed by atoms with Crippen LogP contribution in [0.3, 0.4) is 0 Å². The Morgan fingerprint density at radius 1 is 1.29 bits per heavy atom. The summed E-state index contributed by atoms with van der Waals surface area (Å²) in [5.41, 5.74) is 5.45. The van der Waals surface area contributed by atoms with E-state index in [0.717, 1.165) is 10.9 Å². The number of carbonyl (C=O) groups excluding carboxylic acids is 1. The largest absolute Gasteiger partial charge is 0.497 e. The molecule has 0 saturated heterocycles. The van der Waals surface area contributed by atoms with Crippen molar-refractivity contribution in [1.29, 1.82) is 0 Å². The van der Waals surface area contributed by atoms with Gasteiger partial charge < -0.3 is 19.8 Å². The van der Waals surface area contributed by atoms with Crippen LogP contribution < -0.4 is 26.2 Å². The number of anilines is 1. The number of furan rings is 1. The smallest absolute Gasteiger partial charge is 0.410 e. The van der Waals surface area contributed by atoms with Crippen molar-refractivity contribution in [2.24, 2.45) is 0 Å². The van der Waals surface area contributed by atoms with Gasteiger partial charge in [0.2, 0.25) is 0 Å². The van der Waals surface area contributed by atoms with Crippen molar-refractivity contribution in [2.45, 2.75) is 31.2 Å². The molecule has 0 saturated carbocycles. The minimum atomic E-state index is -4.56. The molecule has 3 heterocycles. The van der Waals surface area contributed by atoms with Crippen LogP contribution in [0.15, 0.2) is 53.3 Å². The molecule has 9 nitrogen and oxygen atoms in total. The van der Waals surface area contributed by atoms with E-state index in [0.29, 0.717) is 17.1 Å². The second kappa shape index (κ2) is 9.63. The zero-order valence-electron chi connectivity index (χ0n) is 17.8. The summed E-state index contributed by atoms with van der Waals surface area (Å²) in [6, 6.07) is 7.56. The Kier molecular flexibility index (Phi) is 6.63. The van der Waals surface area contributed by atoms with Gasteiger partial charge in [-0.05, 0) is 42.0 Å². The number of fused-ring (bicyclic) bond motifs is 1. The third kappa shape index (κ3) is 5.09. The molecular formula is C21H21F3N6O3S. The molecule has 0 radical (unpaired) electrons. The van der Waals surface area contributed by atoms with E-state index < -0.39 is 24.2 Å². The van der Waals surface area contributed by atoms with Gasteiger partial charge in [-0.2, -0.15) is 18.3 Å². The van der Waals surface area contributed by atoms with Crippen molar-refractivity contribution in [2.75, 3.05) is 12.4 Å². The van der Waals surface area contributed by atoms with Crippen molar-refractivity contribution < 1.29 is 27.1 Å². The molecule has 2 aromatic heterocycles. The van der Waals surface area contributed by atoms with Crippen molar-refractivity contribution in [3.8, 4) is 5.75 Å². The molecule has 0 unspecified atom stereocenters. The van der Waals surface area contributed by atoms with Crippen LogP contribution in [-0.4, -0.2) is 34.1 Å². The monoisotopic (exact) mass is 494 g/mol. The van der Waals surface area contributed by atoms with Gasteiger partial charge in [0.25, 0.3) is 5.91 Å². The van der Waals surface area contributed by atoms with Gasteiger partial charge in [-0.3, -0.25) is 15.6 Å². The fourth-order valence-corrected chi connectivity index (χ4v) is 3.71. The van der Waals surface area contributed by atoms with E-state index in [9.17, 15) is 18.0 Å². The van der Waals surface area contributed by atoms with Crippen LogP contribution in [0.25, 0.3) is 0 Å². The number of alkyl halides is 3. The first kappa shape index (κ1) is 23.4. The van der Waals surface area contributed by atoms with Crippen LogP contribution in [0.5, 0.6) is 5.75 Å². The second-order valence-electron chi connectivity index (χ2n) is 7.46. The molecule has 1 aliphatic rings. The van der Waals surface area contributed by atoms with Crippen molar-refractivity contribution >= 4 is 29.1 Å². The summed E-state index contributed by atoms with van der Waals surface area (Å²) in [6.45, 7) is 0.288. The summed E-state index contributed by atoms with van der Waals surface area (Å²) in [5.74, 6) is 0.475. The Bertz CT molecular complexity index is 1150. The predicted octanol–water partition coefficient (Wildman–Crippen LogP) is 3.45. The highest BCUT2D eigenvalue weighted by molar-refractivity contribution is 7.80. The summed E-state index contributed by atoms with van der Waals surface area (Å²) >= 11 is 5.09. The zero-order chi connectivity index (χ0) is 24.3. The highest BCUT2D eigenvalue weighted by Crippen LogP contribution is 2.44. The number of hydrogen-bond donors (Lipinski definition) is 4.